The molecule has 0 saturated carbocycles. The standard InChI is InChI=1S/C13H13N3OS/c1-9-4-6-10(7-5-9)18-13-11(12(14)16-17)3-2-8-15-13/h2-8,17H,1H3,(H2,14,16). The number of nitrogens with two attached hydrogens (primary N) is 1. The number of benzene rings is 1. The van der Waals surface area contributed by atoms with Crippen molar-refractivity contribution in [3.8, 4) is 0 Å². The fourth-order valence-corrected chi connectivity index (χ4v) is 2.33. The maximum atomic E-state index is 8.74. The number of pyridine rings is 1. The van der Waals surface area contributed by atoms with Gasteiger partial charge in [-0.15, -0.1) is 0 Å². The molecule has 0 spiro atoms. The van der Waals surface area contributed by atoms with Crippen LogP contribution in [0.1, 0.15) is 11.1 Å². The third-order valence-electron chi connectivity index (χ3n) is 2.39. The molecule has 0 saturated heterocycles. The average molecular weight is 259 g/mol. The van der Waals surface area contributed by atoms with Gasteiger partial charge in [0.05, 0.1) is 5.56 Å². The molecule has 3 N–H and O–H groups in total. The van der Waals surface area contributed by atoms with E-state index in [0.29, 0.717) is 5.56 Å². The first-order valence-electron chi connectivity index (χ1n) is 5.38. The number of hydrogen-bond donors (Lipinski definition) is 2. The molecule has 0 bridgehead atoms. The lowest BCUT2D eigenvalue weighted by Crippen LogP contribution is -2.14. The van der Waals surface area contributed by atoms with Crippen LogP contribution in [0.2, 0.25) is 0 Å². The van der Waals surface area contributed by atoms with E-state index in [9.17, 15) is 0 Å². The second kappa shape index (κ2) is 5.55. The van der Waals surface area contributed by atoms with Gasteiger partial charge in [0.15, 0.2) is 5.84 Å². The van der Waals surface area contributed by atoms with Gasteiger partial charge in [-0.3, -0.25) is 0 Å². The molecule has 2 rings (SSSR count). The smallest absolute Gasteiger partial charge is 0.172 e. The van der Waals surface area contributed by atoms with Crippen LogP contribution in [0.5, 0.6) is 0 Å². The maximum absolute atomic E-state index is 8.74. The Kier molecular flexibility index (Phi) is 3.84. The molecule has 0 fully saturated rings. The maximum Gasteiger partial charge on any atom is 0.172 e. The number of hydrogen-bond acceptors (Lipinski definition) is 4. The summed E-state index contributed by atoms with van der Waals surface area (Å²) in [5.41, 5.74) is 7.46. The summed E-state index contributed by atoms with van der Waals surface area (Å²) in [6.45, 7) is 2.04. The highest BCUT2D eigenvalue weighted by atomic mass is 32.2. The summed E-state index contributed by atoms with van der Waals surface area (Å²) < 4.78 is 0. The van der Waals surface area contributed by atoms with Gasteiger partial charge < -0.3 is 10.9 Å². The van der Waals surface area contributed by atoms with Crippen LogP contribution in [0, 0.1) is 6.92 Å². The van der Waals surface area contributed by atoms with Crippen molar-refractivity contribution in [3.05, 3.63) is 53.7 Å². The molecular formula is C13H13N3OS. The minimum absolute atomic E-state index is 0.0673. The summed E-state index contributed by atoms with van der Waals surface area (Å²) in [5.74, 6) is 0.0673. The monoisotopic (exact) mass is 259 g/mol. The van der Waals surface area contributed by atoms with E-state index in [-0.39, 0.29) is 5.84 Å². The molecule has 1 aromatic carbocycles. The van der Waals surface area contributed by atoms with Gasteiger partial charge in [0.25, 0.3) is 0 Å². The Morgan fingerprint density at radius 3 is 2.67 bits per heavy atom. The van der Waals surface area contributed by atoms with Gasteiger partial charge in [-0.05, 0) is 31.2 Å². The van der Waals surface area contributed by atoms with Crippen LogP contribution in [-0.4, -0.2) is 16.0 Å². The van der Waals surface area contributed by atoms with E-state index in [0.717, 1.165) is 9.92 Å². The molecule has 18 heavy (non-hydrogen) atoms. The van der Waals surface area contributed by atoms with Crippen molar-refractivity contribution in [2.24, 2.45) is 10.9 Å². The van der Waals surface area contributed by atoms with Gasteiger partial charge in [-0.1, -0.05) is 34.6 Å². The molecule has 0 unspecified atom stereocenters. The number of amidine groups is 1. The normalized spacial score (nSPS) is 11.5. The summed E-state index contributed by atoms with van der Waals surface area (Å²) in [7, 11) is 0. The molecular weight excluding hydrogens is 246 g/mol. The average Bonchev–Trinajstić information content (AvgIpc) is 2.41. The van der Waals surface area contributed by atoms with Crippen LogP contribution >= 0.6 is 11.8 Å². The van der Waals surface area contributed by atoms with Gasteiger partial charge in [0.1, 0.15) is 5.03 Å². The quantitative estimate of drug-likeness (QED) is 0.385. The minimum Gasteiger partial charge on any atom is -0.409 e. The van der Waals surface area contributed by atoms with Crippen molar-refractivity contribution in [2.45, 2.75) is 16.8 Å². The highest BCUT2D eigenvalue weighted by Gasteiger charge is 2.09. The van der Waals surface area contributed by atoms with Gasteiger partial charge in [0.2, 0.25) is 0 Å². The molecule has 92 valence electrons. The Bertz CT molecular complexity index is 567. The molecule has 0 radical (unpaired) electrons. The topological polar surface area (TPSA) is 71.5 Å². The summed E-state index contributed by atoms with van der Waals surface area (Å²) in [5, 5.41) is 12.5. The Morgan fingerprint density at radius 2 is 2.00 bits per heavy atom. The number of oxime groups is 1. The van der Waals surface area contributed by atoms with Crippen molar-refractivity contribution >= 4 is 17.6 Å². The summed E-state index contributed by atoms with van der Waals surface area (Å²) in [6.07, 6.45) is 1.69. The lowest BCUT2D eigenvalue weighted by atomic mass is 10.2. The third kappa shape index (κ3) is 2.81. The van der Waals surface area contributed by atoms with Gasteiger partial charge in [-0.25, -0.2) is 4.98 Å². The zero-order valence-electron chi connectivity index (χ0n) is 9.87. The van der Waals surface area contributed by atoms with E-state index < -0.39 is 0 Å². The lowest BCUT2D eigenvalue weighted by molar-refractivity contribution is 0.318. The van der Waals surface area contributed by atoms with Crippen LogP contribution in [0.15, 0.2) is 57.7 Å². The Balaban J connectivity index is 2.32. The van der Waals surface area contributed by atoms with Gasteiger partial charge in [-0.2, -0.15) is 0 Å². The van der Waals surface area contributed by atoms with E-state index in [4.69, 9.17) is 10.9 Å². The zero-order chi connectivity index (χ0) is 13.0. The van der Waals surface area contributed by atoms with E-state index >= 15 is 0 Å². The zero-order valence-corrected chi connectivity index (χ0v) is 10.7. The highest BCUT2D eigenvalue weighted by Crippen LogP contribution is 2.28. The highest BCUT2D eigenvalue weighted by molar-refractivity contribution is 7.99. The van der Waals surface area contributed by atoms with Crippen molar-refractivity contribution in [1.29, 1.82) is 0 Å². The molecule has 1 aromatic heterocycles. The molecule has 0 aliphatic carbocycles. The molecule has 0 aliphatic rings. The number of rotatable bonds is 3. The second-order valence-corrected chi connectivity index (χ2v) is 4.82. The van der Waals surface area contributed by atoms with Gasteiger partial charge >= 0.3 is 0 Å². The van der Waals surface area contributed by atoms with Gasteiger partial charge in [0, 0.05) is 11.1 Å². The van der Waals surface area contributed by atoms with Crippen LogP contribution in [-0.2, 0) is 0 Å². The largest absolute Gasteiger partial charge is 0.409 e. The minimum atomic E-state index is 0.0673. The summed E-state index contributed by atoms with van der Waals surface area (Å²) >= 11 is 1.48. The fraction of sp³-hybridized carbons (Fsp3) is 0.0769. The van der Waals surface area contributed by atoms with Crippen LogP contribution in [0.4, 0.5) is 0 Å². The Hall–Kier alpha value is -2.01. The number of aryl methyl sites for hydroxylation is 1. The summed E-state index contributed by atoms with van der Waals surface area (Å²) in [6, 6.07) is 11.6. The number of nitrogens with zero attached hydrogens (tertiary/aromatic N) is 2. The van der Waals surface area contributed by atoms with Crippen molar-refractivity contribution < 1.29 is 5.21 Å². The first kappa shape index (κ1) is 12.4. The Labute approximate surface area is 110 Å². The van der Waals surface area contributed by atoms with E-state index in [1.54, 1.807) is 18.3 Å². The molecule has 0 amide bonds. The van der Waals surface area contributed by atoms with Crippen LogP contribution in [0.25, 0.3) is 0 Å². The SMILES string of the molecule is Cc1ccc(Sc2ncccc2/C(N)=N/O)cc1. The number of aromatic nitrogens is 1. The predicted octanol–water partition coefficient (Wildman–Crippen LogP) is 2.64. The lowest BCUT2D eigenvalue weighted by Gasteiger charge is -2.06. The first-order chi connectivity index (χ1) is 8.70. The molecule has 0 atom stereocenters. The van der Waals surface area contributed by atoms with Crippen molar-refractivity contribution in [1.82, 2.24) is 4.98 Å². The van der Waals surface area contributed by atoms with Crippen LogP contribution in [0.3, 0.4) is 0 Å². The van der Waals surface area contributed by atoms with E-state index in [1.165, 1.54) is 17.3 Å². The Morgan fingerprint density at radius 1 is 1.28 bits per heavy atom. The van der Waals surface area contributed by atoms with E-state index in [2.05, 4.69) is 10.1 Å². The summed E-state index contributed by atoms with van der Waals surface area (Å²) in [4.78, 5) is 5.32. The van der Waals surface area contributed by atoms with E-state index in [1.807, 2.05) is 31.2 Å². The first-order valence-corrected chi connectivity index (χ1v) is 6.20. The van der Waals surface area contributed by atoms with Crippen LogP contribution < -0.4 is 5.73 Å². The third-order valence-corrected chi connectivity index (χ3v) is 3.42. The predicted molar refractivity (Wildman–Crippen MR) is 72.0 cm³/mol. The second-order valence-electron chi connectivity index (χ2n) is 3.76. The molecule has 1 heterocycles. The molecule has 5 heteroatoms. The fourth-order valence-electron chi connectivity index (χ4n) is 1.44. The van der Waals surface area contributed by atoms with Crippen molar-refractivity contribution in [3.63, 3.8) is 0 Å². The molecule has 0 aliphatic heterocycles. The van der Waals surface area contributed by atoms with Crippen molar-refractivity contribution in [2.75, 3.05) is 0 Å². The molecule has 4 nitrogen and oxygen atoms in total. The molecule has 2 aromatic rings.